The molecular weight excluding hydrogens is 388 g/mol. The Kier molecular flexibility index (Phi) is 7.51. The maximum absolute atomic E-state index is 10.9. The smallest absolute Gasteiger partial charge is 0.269 e. The zero-order valence-electron chi connectivity index (χ0n) is 17.2. The summed E-state index contributed by atoms with van der Waals surface area (Å²) >= 11 is 0. The Balaban J connectivity index is 0.00000300. The zero-order valence-corrected chi connectivity index (χ0v) is 18.0. The molecule has 7 heteroatoms. The standard InChI is InChI=1S/C22H26N4O2.ClH/c1-15(2)13-25(14-16(3)4)22-19-7-5-6-8-20(19)23-21(24-22)17-9-11-18(12-10-17)26(27)28;/h5-12,15-16H,13-14H2,1-4H3;1H. The Bertz CT molecular complexity index is 964. The van der Waals surface area contributed by atoms with E-state index in [1.54, 1.807) is 12.1 Å². The van der Waals surface area contributed by atoms with Gasteiger partial charge in [-0.25, -0.2) is 9.97 Å². The number of rotatable bonds is 7. The monoisotopic (exact) mass is 414 g/mol. The van der Waals surface area contributed by atoms with Crippen LogP contribution in [-0.4, -0.2) is 28.0 Å². The van der Waals surface area contributed by atoms with Crippen molar-refractivity contribution in [2.75, 3.05) is 18.0 Å². The number of nitro benzene ring substituents is 1. The molecule has 0 bridgehead atoms. The first-order valence-electron chi connectivity index (χ1n) is 9.61. The maximum atomic E-state index is 10.9. The van der Waals surface area contributed by atoms with Gasteiger partial charge in [0.2, 0.25) is 0 Å². The molecule has 0 fully saturated rings. The van der Waals surface area contributed by atoms with Gasteiger partial charge in [0.1, 0.15) is 5.82 Å². The Morgan fingerprint density at radius 1 is 0.931 bits per heavy atom. The van der Waals surface area contributed by atoms with E-state index >= 15 is 0 Å². The van der Waals surface area contributed by atoms with Crippen LogP contribution in [0.2, 0.25) is 0 Å². The van der Waals surface area contributed by atoms with Gasteiger partial charge in [0.15, 0.2) is 5.82 Å². The molecule has 0 amide bonds. The lowest BCUT2D eigenvalue weighted by Gasteiger charge is -2.28. The van der Waals surface area contributed by atoms with Crippen LogP contribution in [0.15, 0.2) is 48.5 Å². The fourth-order valence-electron chi connectivity index (χ4n) is 3.29. The minimum absolute atomic E-state index is 0. The lowest BCUT2D eigenvalue weighted by Crippen LogP contribution is -2.32. The van der Waals surface area contributed by atoms with Crippen LogP contribution >= 0.6 is 12.4 Å². The summed E-state index contributed by atoms with van der Waals surface area (Å²) in [6.07, 6.45) is 0. The Labute approximate surface area is 177 Å². The molecule has 0 N–H and O–H groups in total. The van der Waals surface area contributed by atoms with E-state index in [0.29, 0.717) is 17.7 Å². The van der Waals surface area contributed by atoms with Crippen molar-refractivity contribution in [1.29, 1.82) is 0 Å². The fourth-order valence-corrected chi connectivity index (χ4v) is 3.29. The Hall–Kier alpha value is -2.73. The lowest BCUT2D eigenvalue weighted by molar-refractivity contribution is -0.384. The third-order valence-corrected chi connectivity index (χ3v) is 4.39. The van der Waals surface area contributed by atoms with Crippen molar-refractivity contribution in [3.63, 3.8) is 0 Å². The normalized spacial score (nSPS) is 11.0. The van der Waals surface area contributed by atoms with Crippen LogP contribution in [-0.2, 0) is 0 Å². The van der Waals surface area contributed by atoms with Gasteiger partial charge in [-0.3, -0.25) is 10.1 Å². The molecule has 0 atom stereocenters. The van der Waals surface area contributed by atoms with Gasteiger partial charge in [-0.2, -0.15) is 0 Å². The molecule has 0 aliphatic heterocycles. The summed E-state index contributed by atoms with van der Waals surface area (Å²) < 4.78 is 0. The average Bonchev–Trinajstić information content (AvgIpc) is 2.66. The number of anilines is 1. The molecule has 0 aliphatic carbocycles. The van der Waals surface area contributed by atoms with Gasteiger partial charge in [-0.15, -0.1) is 12.4 Å². The molecule has 0 aliphatic rings. The number of para-hydroxylation sites is 1. The molecule has 154 valence electrons. The molecular formula is C22H27ClN4O2. The first-order valence-corrected chi connectivity index (χ1v) is 9.61. The largest absolute Gasteiger partial charge is 0.355 e. The van der Waals surface area contributed by atoms with Crippen molar-refractivity contribution < 1.29 is 4.92 Å². The molecule has 3 rings (SSSR count). The number of hydrogen-bond donors (Lipinski definition) is 0. The summed E-state index contributed by atoms with van der Waals surface area (Å²) in [4.78, 5) is 22.5. The Morgan fingerprint density at radius 3 is 2.07 bits per heavy atom. The number of nitrogens with zero attached hydrogens (tertiary/aromatic N) is 4. The molecule has 0 radical (unpaired) electrons. The third kappa shape index (κ3) is 5.41. The van der Waals surface area contributed by atoms with E-state index < -0.39 is 4.92 Å². The predicted octanol–water partition coefficient (Wildman–Crippen LogP) is 5.75. The van der Waals surface area contributed by atoms with E-state index in [2.05, 4.69) is 38.7 Å². The molecule has 1 aromatic heterocycles. The molecule has 6 nitrogen and oxygen atoms in total. The average molecular weight is 415 g/mol. The van der Waals surface area contributed by atoms with Crippen molar-refractivity contribution >= 4 is 34.8 Å². The van der Waals surface area contributed by atoms with E-state index in [9.17, 15) is 10.1 Å². The number of fused-ring (bicyclic) bond motifs is 1. The molecule has 1 heterocycles. The summed E-state index contributed by atoms with van der Waals surface area (Å²) in [7, 11) is 0. The van der Waals surface area contributed by atoms with E-state index in [4.69, 9.17) is 9.97 Å². The number of non-ortho nitro benzene ring substituents is 1. The van der Waals surface area contributed by atoms with Gasteiger partial charge in [0.25, 0.3) is 5.69 Å². The summed E-state index contributed by atoms with van der Waals surface area (Å²) in [5, 5.41) is 12.0. The van der Waals surface area contributed by atoms with Crippen LogP contribution in [0.5, 0.6) is 0 Å². The summed E-state index contributed by atoms with van der Waals surface area (Å²) in [5.41, 5.74) is 1.70. The molecule has 0 saturated carbocycles. The van der Waals surface area contributed by atoms with E-state index in [1.165, 1.54) is 12.1 Å². The van der Waals surface area contributed by atoms with Crippen LogP contribution in [0.4, 0.5) is 11.5 Å². The minimum Gasteiger partial charge on any atom is -0.355 e. The number of benzene rings is 2. The highest BCUT2D eigenvalue weighted by Gasteiger charge is 2.18. The van der Waals surface area contributed by atoms with Gasteiger partial charge < -0.3 is 4.90 Å². The zero-order chi connectivity index (χ0) is 20.3. The first-order chi connectivity index (χ1) is 13.3. The molecule has 2 aromatic carbocycles. The number of aromatic nitrogens is 2. The lowest BCUT2D eigenvalue weighted by atomic mass is 10.1. The molecule has 3 aromatic rings. The van der Waals surface area contributed by atoms with Gasteiger partial charge in [0.05, 0.1) is 10.4 Å². The highest BCUT2D eigenvalue weighted by atomic mass is 35.5. The molecule has 0 saturated heterocycles. The van der Waals surface area contributed by atoms with Crippen LogP contribution in [0.3, 0.4) is 0 Å². The van der Waals surface area contributed by atoms with E-state index in [0.717, 1.165) is 35.4 Å². The van der Waals surface area contributed by atoms with Crippen molar-refractivity contribution in [2.45, 2.75) is 27.7 Å². The number of hydrogen-bond acceptors (Lipinski definition) is 5. The second kappa shape index (κ2) is 9.65. The fraction of sp³-hybridized carbons (Fsp3) is 0.364. The van der Waals surface area contributed by atoms with E-state index in [-0.39, 0.29) is 18.1 Å². The summed E-state index contributed by atoms with van der Waals surface area (Å²) in [5.74, 6) is 2.49. The van der Waals surface area contributed by atoms with Crippen LogP contribution in [0, 0.1) is 22.0 Å². The molecule has 29 heavy (non-hydrogen) atoms. The van der Waals surface area contributed by atoms with E-state index in [1.807, 2.05) is 18.2 Å². The van der Waals surface area contributed by atoms with Crippen molar-refractivity contribution in [2.24, 2.45) is 11.8 Å². The van der Waals surface area contributed by atoms with Crippen molar-refractivity contribution in [3.8, 4) is 11.4 Å². The van der Waals surface area contributed by atoms with Gasteiger partial charge in [0, 0.05) is 36.2 Å². The topological polar surface area (TPSA) is 72.2 Å². The van der Waals surface area contributed by atoms with Gasteiger partial charge in [-0.05, 0) is 36.1 Å². The Morgan fingerprint density at radius 2 is 1.52 bits per heavy atom. The second-order valence-electron chi connectivity index (χ2n) is 7.88. The molecule has 0 spiro atoms. The van der Waals surface area contributed by atoms with Crippen molar-refractivity contribution in [1.82, 2.24) is 9.97 Å². The van der Waals surface area contributed by atoms with Gasteiger partial charge >= 0.3 is 0 Å². The number of nitro groups is 1. The highest BCUT2D eigenvalue weighted by Crippen LogP contribution is 2.29. The quantitative estimate of drug-likeness (QED) is 0.363. The van der Waals surface area contributed by atoms with Crippen LogP contribution in [0.1, 0.15) is 27.7 Å². The third-order valence-electron chi connectivity index (χ3n) is 4.39. The SMILES string of the molecule is CC(C)CN(CC(C)C)c1nc(-c2ccc([N+](=O)[O-])cc2)nc2ccccc12.Cl. The maximum Gasteiger partial charge on any atom is 0.269 e. The van der Waals surface area contributed by atoms with Crippen molar-refractivity contribution in [3.05, 3.63) is 58.6 Å². The minimum atomic E-state index is -0.399. The summed E-state index contributed by atoms with van der Waals surface area (Å²) in [6.45, 7) is 10.6. The predicted molar refractivity (Wildman–Crippen MR) is 121 cm³/mol. The highest BCUT2D eigenvalue weighted by molar-refractivity contribution is 5.91. The number of halogens is 1. The first kappa shape index (κ1) is 22.6. The molecule has 0 unspecified atom stereocenters. The van der Waals surface area contributed by atoms with Gasteiger partial charge in [-0.1, -0.05) is 39.8 Å². The van der Waals surface area contributed by atoms with Crippen LogP contribution in [0.25, 0.3) is 22.3 Å². The summed E-state index contributed by atoms with van der Waals surface area (Å²) in [6, 6.07) is 14.4. The second-order valence-corrected chi connectivity index (χ2v) is 7.88. The van der Waals surface area contributed by atoms with Crippen LogP contribution < -0.4 is 4.90 Å².